The van der Waals surface area contributed by atoms with Crippen molar-refractivity contribution < 1.29 is 9.90 Å². The van der Waals surface area contributed by atoms with Crippen LogP contribution in [0, 0.1) is 0 Å². The molecule has 4 heteroatoms. The maximum absolute atomic E-state index is 11.6. The highest BCUT2D eigenvalue weighted by atomic mass is 79.9. The fourth-order valence-corrected chi connectivity index (χ4v) is 2.19. The van der Waals surface area contributed by atoms with E-state index in [1.54, 1.807) is 6.92 Å². The van der Waals surface area contributed by atoms with Crippen LogP contribution in [0.15, 0.2) is 28.7 Å². The number of carbonyl (C=O) groups excluding carboxylic acids is 1. The number of aliphatic hydroxyl groups is 1. The highest BCUT2D eigenvalue weighted by Gasteiger charge is 2.12. The predicted octanol–water partition coefficient (Wildman–Crippen LogP) is 2.79. The molecular weight excluding hydrogens is 282 g/mol. The molecule has 0 heterocycles. The third kappa shape index (κ3) is 4.88. The fraction of sp³-hybridized carbons (Fsp3) is 0.462. The van der Waals surface area contributed by atoms with Crippen LogP contribution >= 0.6 is 15.9 Å². The van der Waals surface area contributed by atoms with Gasteiger partial charge in [-0.2, -0.15) is 0 Å². The zero-order chi connectivity index (χ0) is 12.8. The SMILES string of the molecule is CC(O)CCC(=O)N[C@H](C)c1ccccc1Br. The van der Waals surface area contributed by atoms with Crippen molar-refractivity contribution >= 4 is 21.8 Å². The average Bonchev–Trinajstić information content (AvgIpc) is 2.26. The summed E-state index contributed by atoms with van der Waals surface area (Å²) in [7, 11) is 0. The van der Waals surface area contributed by atoms with Crippen molar-refractivity contribution in [2.75, 3.05) is 0 Å². The van der Waals surface area contributed by atoms with E-state index < -0.39 is 6.10 Å². The molecule has 94 valence electrons. The first-order valence-electron chi connectivity index (χ1n) is 5.72. The lowest BCUT2D eigenvalue weighted by atomic mass is 10.1. The minimum Gasteiger partial charge on any atom is -0.393 e. The summed E-state index contributed by atoms with van der Waals surface area (Å²) >= 11 is 3.46. The van der Waals surface area contributed by atoms with E-state index in [9.17, 15) is 4.79 Å². The van der Waals surface area contributed by atoms with Crippen molar-refractivity contribution in [1.82, 2.24) is 5.32 Å². The summed E-state index contributed by atoms with van der Waals surface area (Å²) in [6.45, 7) is 3.63. The number of aliphatic hydroxyl groups excluding tert-OH is 1. The van der Waals surface area contributed by atoms with E-state index in [0.29, 0.717) is 12.8 Å². The van der Waals surface area contributed by atoms with Crippen LogP contribution in [-0.2, 0) is 4.79 Å². The van der Waals surface area contributed by atoms with Gasteiger partial charge in [0.15, 0.2) is 0 Å². The molecule has 1 aromatic rings. The lowest BCUT2D eigenvalue weighted by Crippen LogP contribution is -2.27. The van der Waals surface area contributed by atoms with Crippen LogP contribution in [0.5, 0.6) is 0 Å². The van der Waals surface area contributed by atoms with Gasteiger partial charge in [0, 0.05) is 10.9 Å². The van der Waals surface area contributed by atoms with Gasteiger partial charge in [0.1, 0.15) is 0 Å². The van der Waals surface area contributed by atoms with Gasteiger partial charge in [-0.1, -0.05) is 34.1 Å². The monoisotopic (exact) mass is 299 g/mol. The molecule has 0 radical (unpaired) electrons. The molecule has 0 spiro atoms. The standard InChI is InChI=1S/C13H18BrNO2/c1-9(16)7-8-13(17)15-10(2)11-5-3-4-6-12(11)14/h3-6,9-10,16H,7-8H2,1-2H3,(H,15,17)/t9?,10-/m1/s1. The molecular formula is C13H18BrNO2. The second-order valence-electron chi connectivity index (χ2n) is 4.20. The lowest BCUT2D eigenvalue weighted by molar-refractivity contribution is -0.122. The van der Waals surface area contributed by atoms with Crippen LogP contribution in [-0.4, -0.2) is 17.1 Å². The topological polar surface area (TPSA) is 49.3 Å². The van der Waals surface area contributed by atoms with Crippen LogP contribution in [0.1, 0.15) is 38.3 Å². The Labute approximate surface area is 110 Å². The number of amides is 1. The minimum atomic E-state index is -0.431. The molecule has 0 aliphatic heterocycles. The zero-order valence-electron chi connectivity index (χ0n) is 10.1. The molecule has 0 aliphatic carbocycles. The van der Waals surface area contributed by atoms with Gasteiger partial charge in [-0.25, -0.2) is 0 Å². The van der Waals surface area contributed by atoms with E-state index in [0.717, 1.165) is 10.0 Å². The Morgan fingerprint density at radius 2 is 2.06 bits per heavy atom. The highest BCUT2D eigenvalue weighted by Crippen LogP contribution is 2.22. The Balaban J connectivity index is 2.52. The second kappa shape index (κ2) is 6.77. The Morgan fingerprint density at radius 3 is 2.65 bits per heavy atom. The summed E-state index contributed by atoms with van der Waals surface area (Å²) < 4.78 is 0.989. The first-order valence-corrected chi connectivity index (χ1v) is 6.52. The van der Waals surface area contributed by atoms with E-state index in [2.05, 4.69) is 21.2 Å². The maximum atomic E-state index is 11.6. The summed E-state index contributed by atoms with van der Waals surface area (Å²) in [6, 6.07) is 7.78. The van der Waals surface area contributed by atoms with Crippen LogP contribution in [0.4, 0.5) is 0 Å². The number of benzene rings is 1. The van der Waals surface area contributed by atoms with Crippen molar-refractivity contribution in [3.8, 4) is 0 Å². The quantitative estimate of drug-likeness (QED) is 0.878. The number of hydrogen-bond acceptors (Lipinski definition) is 2. The number of rotatable bonds is 5. The van der Waals surface area contributed by atoms with E-state index in [1.807, 2.05) is 31.2 Å². The third-order valence-corrected chi connectivity index (χ3v) is 3.26. The highest BCUT2D eigenvalue weighted by molar-refractivity contribution is 9.10. The predicted molar refractivity (Wildman–Crippen MR) is 71.6 cm³/mol. The van der Waals surface area contributed by atoms with Gasteiger partial charge >= 0.3 is 0 Å². The number of carbonyl (C=O) groups is 1. The molecule has 3 nitrogen and oxygen atoms in total. The van der Waals surface area contributed by atoms with Gasteiger partial charge in [-0.3, -0.25) is 4.79 Å². The molecule has 1 unspecified atom stereocenters. The van der Waals surface area contributed by atoms with Crippen molar-refractivity contribution in [1.29, 1.82) is 0 Å². The van der Waals surface area contributed by atoms with E-state index >= 15 is 0 Å². The number of nitrogens with one attached hydrogen (secondary N) is 1. The Bertz CT molecular complexity index is 379. The average molecular weight is 300 g/mol. The Morgan fingerprint density at radius 1 is 1.41 bits per heavy atom. The summed E-state index contributed by atoms with van der Waals surface area (Å²) in [6.07, 6.45) is 0.417. The first kappa shape index (κ1) is 14.2. The molecule has 2 N–H and O–H groups in total. The third-order valence-electron chi connectivity index (χ3n) is 2.54. The van der Waals surface area contributed by atoms with Gasteiger partial charge in [0.2, 0.25) is 5.91 Å². The molecule has 1 aromatic carbocycles. The summed E-state index contributed by atoms with van der Waals surface area (Å²) in [5.41, 5.74) is 1.05. The molecule has 0 aliphatic rings. The Hall–Kier alpha value is -0.870. The summed E-state index contributed by atoms with van der Waals surface area (Å²) in [4.78, 5) is 11.6. The van der Waals surface area contributed by atoms with Crippen LogP contribution in [0.2, 0.25) is 0 Å². The molecule has 0 saturated carbocycles. The van der Waals surface area contributed by atoms with Crippen molar-refractivity contribution in [2.24, 2.45) is 0 Å². The van der Waals surface area contributed by atoms with Gasteiger partial charge in [-0.05, 0) is 31.9 Å². The molecule has 0 aromatic heterocycles. The van der Waals surface area contributed by atoms with Crippen molar-refractivity contribution in [3.63, 3.8) is 0 Å². The lowest BCUT2D eigenvalue weighted by Gasteiger charge is -2.16. The molecule has 0 saturated heterocycles. The normalized spacial score (nSPS) is 14.1. The fourth-order valence-electron chi connectivity index (χ4n) is 1.56. The maximum Gasteiger partial charge on any atom is 0.220 e. The van der Waals surface area contributed by atoms with Crippen LogP contribution in [0.25, 0.3) is 0 Å². The van der Waals surface area contributed by atoms with E-state index in [-0.39, 0.29) is 11.9 Å². The minimum absolute atomic E-state index is 0.0332. The molecule has 0 bridgehead atoms. The number of hydrogen-bond donors (Lipinski definition) is 2. The molecule has 1 amide bonds. The van der Waals surface area contributed by atoms with Gasteiger partial charge in [0.25, 0.3) is 0 Å². The largest absolute Gasteiger partial charge is 0.393 e. The van der Waals surface area contributed by atoms with Gasteiger partial charge in [0.05, 0.1) is 12.1 Å². The van der Waals surface area contributed by atoms with E-state index in [1.165, 1.54) is 0 Å². The van der Waals surface area contributed by atoms with Gasteiger partial charge < -0.3 is 10.4 Å². The van der Waals surface area contributed by atoms with E-state index in [4.69, 9.17) is 5.11 Å². The number of halogens is 1. The molecule has 0 fully saturated rings. The van der Waals surface area contributed by atoms with Crippen molar-refractivity contribution in [2.45, 2.75) is 38.8 Å². The van der Waals surface area contributed by atoms with Crippen LogP contribution < -0.4 is 5.32 Å². The second-order valence-corrected chi connectivity index (χ2v) is 5.05. The van der Waals surface area contributed by atoms with Gasteiger partial charge in [-0.15, -0.1) is 0 Å². The first-order chi connectivity index (χ1) is 8.00. The molecule has 17 heavy (non-hydrogen) atoms. The van der Waals surface area contributed by atoms with Crippen molar-refractivity contribution in [3.05, 3.63) is 34.3 Å². The summed E-state index contributed by atoms with van der Waals surface area (Å²) in [5, 5.41) is 12.0. The summed E-state index contributed by atoms with van der Waals surface area (Å²) in [5.74, 6) is -0.0332. The smallest absolute Gasteiger partial charge is 0.220 e. The van der Waals surface area contributed by atoms with Crippen LogP contribution in [0.3, 0.4) is 0 Å². The Kier molecular flexibility index (Phi) is 5.65. The molecule has 1 rings (SSSR count). The molecule has 2 atom stereocenters. The zero-order valence-corrected chi connectivity index (χ0v) is 11.7.